The number of carbonyl (C=O) groups excluding carboxylic acids is 1. The normalized spacial score (nSPS) is 11.1. The van der Waals surface area contributed by atoms with Gasteiger partial charge in [0.25, 0.3) is 0 Å². The van der Waals surface area contributed by atoms with Crippen molar-refractivity contribution in [3.8, 4) is 0 Å². The third kappa shape index (κ3) is 3.13. The molecule has 0 aliphatic heterocycles. The van der Waals surface area contributed by atoms with Gasteiger partial charge in [-0.25, -0.2) is 8.42 Å². The summed E-state index contributed by atoms with van der Waals surface area (Å²) in [6.45, 7) is -0.0532. The monoisotopic (exact) mass is 243 g/mol. The van der Waals surface area contributed by atoms with Gasteiger partial charge in [-0.1, -0.05) is 0 Å². The van der Waals surface area contributed by atoms with Gasteiger partial charge in [-0.3, -0.25) is 4.79 Å². The Labute approximate surface area is 93.5 Å². The van der Waals surface area contributed by atoms with E-state index in [1.807, 2.05) is 0 Å². The van der Waals surface area contributed by atoms with Crippen LogP contribution in [0.15, 0.2) is 23.1 Å². The van der Waals surface area contributed by atoms with Crippen LogP contribution in [-0.4, -0.2) is 27.1 Å². The average Bonchev–Trinajstić information content (AvgIpc) is 2.14. The highest BCUT2D eigenvalue weighted by molar-refractivity contribution is 7.90. The molecule has 0 radical (unpaired) electrons. The summed E-state index contributed by atoms with van der Waals surface area (Å²) in [6.07, 6.45) is 1.10. The van der Waals surface area contributed by atoms with Gasteiger partial charge in [0.05, 0.1) is 22.8 Å². The summed E-state index contributed by atoms with van der Waals surface area (Å²) in [5.74, 6) is -0.522. The van der Waals surface area contributed by atoms with Crippen LogP contribution in [0.1, 0.15) is 0 Å². The molecule has 0 spiro atoms. The Morgan fingerprint density at radius 1 is 1.44 bits per heavy atom. The summed E-state index contributed by atoms with van der Waals surface area (Å²) < 4.78 is 22.4. The molecule has 7 heteroatoms. The molecule has 1 aromatic rings. The lowest BCUT2D eigenvalue weighted by molar-refractivity contribution is -0.116. The van der Waals surface area contributed by atoms with Crippen LogP contribution in [0.5, 0.6) is 0 Å². The number of anilines is 2. The van der Waals surface area contributed by atoms with Crippen molar-refractivity contribution in [1.29, 1.82) is 0 Å². The van der Waals surface area contributed by atoms with Crippen LogP contribution in [0.3, 0.4) is 0 Å². The summed E-state index contributed by atoms with van der Waals surface area (Å²) in [4.78, 5) is 10.7. The molecule has 0 aliphatic rings. The van der Waals surface area contributed by atoms with E-state index in [-0.39, 0.29) is 17.1 Å². The molecule has 0 saturated carbocycles. The number of primary amides is 1. The Hall–Kier alpha value is -1.76. The van der Waals surface area contributed by atoms with Gasteiger partial charge in [-0.2, -0.15) is 0 Å². The van der Waals surface area contributed by atoms with Crippen molar-refractivity contribution in [2.24, 2.45) is 5.73 Å². The minimum absolute atomic E-state index is 0.0532. The van der Waals surface area contributed by atoms with E-state index < -0.39 is 15.7 Å². The summed E-state index contributed by atoms with van der Waals surface area (Å²) in [5, 5.41) is 2.70. The van der Waals surface area contributed by atoms with E-state index in [2.05, 4.69) is 5.32 Å². The summed E-state index contributed by atoms with van der Waals surface area (Å²) in [5.41, 5.74) is 11.3. The molecule has 0 saturated heterocycles. The van der Waals surface area contributed by atoms with Crippen molar-refractivity contribution in [3.05, 3.63) is 18.2 Å². The second kappa shape index (κ2) is 4.40. The molecule has 16 heavy (non-hydrogen) atoms. The zero-order valence-corrected chi connectivity index (χ0v) is 9.54. The Morgan fingerprint density at radius 2 is 2.06 bits per heavy atom. The van der Waals surface area contributed by atoms with Crippen LogP contribution in [0.4, 0.5) is 11.4 Å². The Bertz CT molecular complexity index is 511. The van der Waals surface area contributed by atoms with Crippen LogP contribution < -0.4 is 16.8 Å². The second-order valence-electron chi connectivity index (χ2n) is 3.34. The second-order valence-corrected chi connectivity index (χ2v) is 5.36. The van der Waals surface area contributed by atoms with Gasteiger partial charge in [-0.15, -0.1) is 0 Å². The number of sulfone groups is 1. The fourth-order valence-corrected chi connectivity index (χ4v) is 1.77. The highest BCUT2D eigenvalue weighted by atomic mass is 32.2. The number of nitrogens with two attached hydrogens (primary N) is 2. The average molecular weight is 243 g/mol. The van der Waals surface area contributed by atoms with Crippen LogP contribution in [0.25, 0.3) is 0 Å². The molecule has 0 bridgehead atoms. The van der Waals surface area contributed by atoms with Crippen molar-refractivity contribution >= 4 is 27.1 Å². The van der Waals surface area contributed by atoms with Crippen LogP contribution in [0, 0.1) is 0 Å². The highest BCUT2D eigenvalue weighted by Gasteiger charge is 2.09. The molecule has 1 aromatic carbocycles. The maximum atomic E-state index is 11.2. The Balaban J connectivity index is 2.96. The van der Waals surface area contributed by atoms with Crippen molar-refractivity contribution in [2.75, 3.05) is 23.9 Å². The molecular formula is C9H13N3O3S. The van der Waals surface area contributed by atoms with Crippen LogP contribution in [-0.2, 0) is 14.6 Å². The lowest BCUT2D eigenvalue weighted by Gasteiger charge is -2.08. The molecule has 0 fully saturated rings. The molecular weight excluding hydrogens is 230 g/mol. The third-order valence-corrected chi connectivity index (χ3v) is 3.01. The number of nitrogen functional groups attached to an aromatic ring is 1. The van der Waals surface area contributed by atoms with E-state index in [9.17, 15) is 13.2 Å². The molecule has 5 N–H and O–H groups in total. The van der Waals surface area contributed by atoms with Crippen molar-refractivity contribution < 1.29 is 13.2 Å². The minimum atomic E-state index is -3.27. The SMILES string of the molecule is CS(=O)(=O)c1ccc(NCC(N)=O)c(N)c1. The zero-order valence-electron chi connectivity index (χ0n) is 8.73. The number of benzene rings is 1. The largest absolute Gasteiger partial charge is 0.397 e. The molecule has 0 unspecified atom stereocenters. The third-order valence-electron chi connectivity index (χ3n) is 1.90. The maximum absolute atomic E-state index is 11.2. The summed E-state index contributed by atoms with van der Waals surface area (Å²) >= 11 is 0. The number of hydrogen-bond donors (Lipinski definition) is 3. The molecule has 0 heterocycles. The van der Waals surface area contributed by atoms with Gasteiger partial charge in [0.2, 0.25) is 5.91 Å². The topological polar surface area (TPSA) is 115 Å². The first-order valence-corrected chi connectivity index (χ1v) is 6.31. The molecule has 0 atom stereocenters. The number of hydrogen-bond acceptors (Lipinski definition) is 5. The Kier molecular flexibility index (Phi) is 3.38. The van der Waals surface area contributed by atoms with Gasteiger partial charge in [0.15, 0.2) is 9.84 Å². The lowest BCUT2D eigenvalue weighted by atomic mass is 10.2. The zero-order chi connectivity index (χ0) is 12.3. The fourth-order valence-electron chi connectivity index (χ4n) is 1.11. The van der Waals surface area contributed by atoms with Gasteiger partial charge >= 0.3 is 0 Å². The first-order valence-electron chi connectivity index (χ1n) is 4.42. The number of rotatable bonds is 4. The molecule has 0 aliphatic carbocycles. The van der Waals surface area contributed by atoms with E-state index in [4.69, 9.17) is 11.5 Å². The lowest BCUT2D eigenvalue weighted by Crippen LogP contribution is -2.22. The van der Waals surface area contributed by atoms with Crippen molar-refractivity contribution in [2.45, 2.75) is 4.90 Å². The summed E-state index contributed by atoms with van der Waals surface area (Å²) in [7, 11) is -3.27. The van der Waals surface area contributed by atoms with Crippen molar-refractivity contribution in [1.82, 2.24) is 0 Å². The predicted molar refractivity (Wildman–Crippen MR) is 61.6 cm³/mol. The van der Waals surface area contributed by atoms with E-state index in [1.165, 1.54) is 18.2 Å². The van der Waals surface area contributed by atoms with Gasteiger partial charge < -0.3 is 16.8 Å². The molecule has 88 valence electrons. The standard InChI is InChI=1S/C9H13N3O3S/c1-16(14,15)6-2-3-8(7(10)4-6)12-5-9(11)13/h2-4,12H,5,10H2,1H3,(H2,11,13). The van der Waals surface area contributed by atoms with Gasteiger partial charge in [0.1, 0.15) is 0 Å². The Morgan fingerprint density at radius 3 is 2.50 bits per heavy atom. The van der Waals surface area contributed by atoms with Gasteiger partial charge in [0, 0.05) is 6.26 Å². The van der Waals surface area contributed by atoms with Crippen LogP contribution in [0.2, 0.25) is 0 Å². The first-order chi connectivity index (χ1) is 7.30. The first kappa shape index (κ1) is 12.3. The van der Waals surface area contributed by atoms with E-state index in [0.29, 0.717) is 5.69 Å². The highest BCUT2D eigenvalue weighted by Crippen LogP contribution is 2.22. The minimum Gasteiger partial charge on any atom is -0.397 e. The quantitative estimate of drug-likeness (QED) is 0.620. The maximum Gasteiger partial charge on any atom is 0.236 e. The molecule has 0 aromatic heterocycles. The smallest absolute Gasteiger partial charge is 0.236 e. The predicted octanol–water partition coefficient (Wildman–Crippen LogP) is -0.430. The molecule has 1 amide bonds. The number of amides is 1. The number of nitrogens with one attached hydrogen (secondary N) is 1. The van der Waals surface area contributed by atoms with E-state index in [0.717, 1.165) is 6.26 Å². The fraction of sp³-hybridized carbons (Fsp3) is 0.222. The summed E-state index contributed by atoms with van der Waals surface area (Å²) in [6, 6.07) is 4.24. The number of carbonyl (C=O) groups is 1. The molecule has 1 rings (SSSR count). The van der Waals surface area contributed by atoms with E-state index >= 15 is 0 Å². The molecule has 6 nitrogen and oxygen atoms in total. The van der Waals surface area contributed by atoms with Crippen molar-refractivity contribution in [3.63, 3.8) is 0 Å². The van der Waals surface area contributed by atoms with E-state index in [1.54, 1.807) is 0 Å². The van der Waals surface area contributed by atoms with Crippen LogP contribution >= 0.6 is 0 Å². The van der Waals surface area contributed by atoms with Gasteiger partial charge in [-0.05, 0) is 18.2 Å².